The number of fused-ring (bicyclic) bond motifs is 1. The molecule has 0 unspecified atom stereocenters. The van der Waals surface area contributed by atoms with E-state index in [4.69, 9.17) is 0 Å². The van der Waals surface area contributed by atoms with Gasteiger partial charge in [-0.05, 0) is 43.7 Å². The lowest BCUT2D eigenvalue weighted by Crippen LogP contribution is -2.49. The Morgan fingerprint density at radius 3 is 3.10 bits per heavy atom. The molecule has 5 heteroatoms. The van der Waals surface area contributed by atoms with Crippen LogP contribution >= 0.6 is 23.7 Å². The van der Waals surface area contributed by atoms with Crippen molar-refractivity contribution >= 4 is 29.7 Å². The predicted molar refractivity (Wildman–Crippen MR) is 89.9 cm³/mol. The molecule has 1 aromatic heterocycles. The molecule has 2 atom stereocenters. The molecule has 2 fully saturated rings. The van der Waals surface area contributed by atoms with Crippen molar-refractivity contribution in [2.75, 3.05) is 19.6 Å². The number of thiophene rings is 1. The minimum absolute atomic E-state index is 0. The van der Waals surface area contributed by atoms with E-state index in [-0.39, 0.29) is 17.8 Å². The summed E-state index contributed by atoms with van der Waals surface area (Å²) < 4.78 is 0. The molecule has 118 valence electrons. The number of carbonyl (C=O) groups excluding carboxylic acids is 1. The van der Waals surface area contributed by atoms with E-state index >= 15 is 0 Å². The first-order valence-electron chi connectivity index (χ1n) is 7.79. The van der Waals surface area contributed by atoms with E-state index in [1.54, 1.807) is 11.3 Å². The number of halogens is 1. The van der Waals surface area contributed by atoms with Gasteiger partial charge in [0.1, 0.15) is 0 Å². The Morgan fingerprint density at radius 1 is 1.52 bits per heavy atom. The van der Waals surface area contributed by atoms with Gasteiger partial charge in [-0.25, -0.2) is 0 Å². The highest BCUT2D eigenvalue weighted by Crippen LogP contribution is 2.45. The summed E-state index contributed by atoms with van der Waals surface area (Å²) in [7, 11) is 0. The van der Waals surface area contributed by atoms with Crippen molar-refractivity contribution in [2.24, 2.45) is 11.3 Å². The van der Waals surface area contributed by atoms with E-state index in [2.05, 4.69) is 34.7 Å². The highest BCUT2D eigenvalue weighted by molar-refractivity contribution is 7.09. The molecule has 0 spiro atoms. The first kappa shape index (κ1) is 16.8. The summed E-state index contributed by atoms with van der Waals surface area (Å²) in [5.41, 5.74) is -0.106. The standard InChI is InChI=1S/C16H24N2OS.ClH/c1-2-18(11-14-7-5-9-20-14)15(19)16-8-4-3-6-13(16)10-17-12-16;/h5,7,9,13,17H,2-4,6,8,10-12H2,1H3;1H/t13-,16+;/m0./s1. The zero-order chi connectivity index (χ0) is 14.0. The average molecular weight is 329 g/mol. The van der Waals surface area contributed by atoms with Gasteiger partial charge >= 0.3 is 0 Å². The first-order chi connectivity index (χ1) is 9.76. The van der Waals surface area contributed by atoms with Gasteiger partial charge in [-0.2, -0.15) is 0 Å². The van der Waals surface area contributed by atoms with E-state index in [0.29, 0.717) is 11.8 Å². The summed E-state index contributed by atoms with van der Waals surface area (Å²) in [4.78, 5) is 16.5. The van der Waals surface area contributed by atoms with Crippen LogP contribution in [0.4, 0.5) is 0 Å². The molecule has 3 nitrogen and oxygen atoms in total. The molecule has 21 heavy (non-hydrogen) atoms. The summed E-state index contributed by atoms with van der Waals surface area (Å²) in [5, 5.41) is 5.57. The zero-order valence-corrected chi connectivity index (χ0v) is 14.3. The minimum Gasteiger partial charge on any atom is -0.337 e. The molecule has 2 heterocycles. The van der Waals surface area contributed by atoms with Gasteiger partial charge < -0.3 is 10.2 Å². The van der Waals surface area contributed by atoms with Gasteiger partial charge in [0.25, 0.3) is 0 Å². The maximum absolute atomic E-state index is 13.1. The van der Waals surface area contributed by atoms with Crippen molar-refractivity contribution in [3.8, 4) is 0 Å². The third kappa shape index (κ3) is 3.13. The second kappa shape index (κ2) is 7.12. The fourth-order valence-corrected chi connectivity index (χ4v) is 4.62. The van der Waals surface area contributed by atoms with Crippen LogP contribution < -0.4 is 5.32 Å². The van der Waals surface area contributed by atoms with Crippen LogP contribution in [0.15, 0.2) is 17.5 Å². The molecule has 1 saturated heterocycles. The lowest BCUT2D eigenvalue weighted by Gasteiger charge is -2.40. The quantitative estimate of drug-likeness (QED) is 0.919. The molecule has 0 aromatic carbocycles. The topological polar surface area (TPSA) is 32.3 Å². The fourth-order valence-electron chi connectivity index (χ4n) is 3.90. The number of amides is 1. The Morgan fingerprint density at radius 2 is 2.38 bits per heavy atom. The molecule has 1 amide bonds. The monoisotopic (exact) mass is 328 g/mol. The molecule has 0 bridgehead atoms. The summed E-state index contributed by atoms with van der Waals surface area (Å²) in [6.45, 7) is 5.61. The van der Waals surface area contributed by atoms with Crippen LogP contribution in [0.2, 0.25) is 0 Å². The third-order valence-electron chi connectivity index (χ3n) is 5.06. The number of hydrogen-bond acceptors (Lipinski definition) is 3. The Balaban J connectivity index is 0.00000161. The summed E-state index contributed by atoms with van der Waals surface area (Å²) in [6, 6.07) is 4.20. The Hall–Kier alpha value is -0.580. The van der Waals surface area contributed by atoms with Crippen LogP contribution in [0.25, 0.3) is 0 Å². The number of hydrogen-bond donors (Lipinski definition) is 1. The largest absolute Gasteiger partial charge is 0.337 e. The van der Waals surface area contributed by atoms with Crippen LogP contribution in [0.1, 0.15) is 37.5 Å². The Labute approximate surface area is 137 Å². The highest BCUT2D eigenvalue weighted by atomic mass is 35.5. The summed E-state index contributed by atoms with van der Waals surface area (Å²) >= 11 is 1.74. The zero-order valence-electron chi connectivity index (χ0n) is 12.6. The van der Waals surface area contributed by atoms with Crippen LogP contribution in [0.5, 0.6) is 0 Å². The Bertz CT molecular complexity index is 465. The van der Waals surface area contributed by atoms with Gasteiger partial charge in [-0.1, -0.05) is 18.9 Å². The molecule has 0 radical (unpaired) electrons. The van der Waals surface area contributed by atoms with Gasteiger partial charge in [0.2, 0.25) is 5.91 Å². The van der Waals surface area contributed by atoms with Crippen molar-refractivity contribution in [2.45, 2.75) is 39.2 Å². The molecule has 1 N–H and O–H groups in total. The fraction of sp³-hybridized carbons (Fsp3) is 0.688. The van der Waals surface area contributed by atoms with E-state index < -0.39 is 0 Å². The van der Waals surface area contributed by atoms with Gasteiger partial charge in [0.15, 0.2) is 0 Å². The molecule has 2 aliphatic rings. The van der Waals surface area contributed by atoms with E-state index in [9.17, 15) is 4.79 Å². The van der Waals surface area contributed by atoms with Gasteiger partial charge in [0.05, 0.1) is 12.0 Å². The van der Waals surface area contributed by atoms with Crippen molar-refractivity contribution in [1.82, 2.24) is 10.2 Å². The second-order valence-corrected chi connectivity index (χ2v) is 7.16. The van der Waals surface area contributed by atoms with Gasteiger partial charge in [-0.15, -0.1) is 23.7 Å². The van der Waals surface area contributed by atoms with Crippen LogP contribution in [-0.4, -0.2) is 30.4 Å². The van der Waals surface area contributed by atoms with Crippen LogP contribution in [0, 0.1) is 11.3 Å². The smallest absolute Gasteiger partial charge is 0.230 e. The average Bonchev–Trinajstić information content (AvgIpc) is 3.13. The maximum atomic E-state index is 13.1. The normalized spacial score (nSPS) is 27.8. The minimum atomic E-state index is -0.106. The molecule has 3 rings (SSSR count). The SMILES string of the molecule is CCN(Cc1cccs1)C(=O)[C@@]12CCCC[C@H]1CNC2.Cl. The molecular formula is C16H25ClN2OS. The van der Waals surface area contributed by atoms with E-state index in [0.717, 1.165) is 32.6 Å². The van der Waals surface area contributed by atoms with Gasteiger partial charge in [-0.3, -0.25) is 4.79 Å². The van der Waals surface area contributed by atoms with Crippen LogP contribution in [0.3, 0.4) is 0 Å². The Kier molecular flexibility index (Phi) is 5.69. The predicted octanol–water partition coefficient (Wildman–Crippen LogP) is 3.30. The van der Waals surface area contributed by atoms with Crippen molar-refractivity contribution in [1.29, 1.82) is 0 Å². The molecule has 1 saturated carbocycles. The third-order valence-corrected chi connectivity index (χ3v) is 5.92. The number of carbonyl (C=O) groups is 1. The number of nitrogens with zero attached hydrogens (tertiary/aromatic N) is 1. The van der Waals surface area contributed by atoms with Crippen molar-refractivity contribution < 1.29 is 4.79 Å². The number of nitrogens with one attached hydrogen (secondary N) is 1. The lowest BCUT2D eigenvalue weighted by molar-refractivity contribution is -0.145. The van der Waals surface area contributed by atoms with E-state index in [1.165, 1.54) is 24.1 Å². The van der Waals surface area contributed by atoms with Crippen molar-refractivity contribution in [3.05, 3.63) is 22.4 Å². The highest BCUT2D eigenvalue weighted by Gasteiger charge is 2.51. The van der Waals surface area contributed by atoms with Crippen molar-refractivity contribution in [3.63, 3.8) is 0 Å². The molecular weight excluding hydrogens is 304 g/mol. The molecule has 1 aromatic rings. The lowest BCUT2D eigenvalue weighted by atomic mass is 9.67. The summed E-state index contributed by atoms with van der Waals surface area (Å²) in [5.74, 6) is 0.948. The summed E-state index contributed by atoms with van der Waals surface area (Å²) in [6.07, 6.45) is 4.79. The second-order valence-electron chi connectivity index (χ2n) is 6.13. The molecule has 1 aliphatic carbocycles. The number of rotatable bonds is 4. The molecule has 1 aliphatic heterocycles. The van der Waals surface area contributed by atoms with Gasteiger partial charge in [0, 0.05) is 18.0 Å². The first-order valence-corrected chi connectivity index (χ1v) is 8.67. The van der Waals surface area contributed by atoms with Crippen LogP contribution in [-0.2, 0) is 11.3 Å². The maximum Gasteiger partial charge on any atom is 0.230 e. The van der Waals surface area contributed by atoms with E-state index in [1.807, 2.05) is 0 Å².